The van der Waals surface area contributed by atoms with Gasteiger partial charge in [0.05, 0.1) is 19.3 Å². The maximum absolute atomic E-state index is 12.4. The van der Waals surface area contributed by atoms with Crippen molar-refractivity contribution in [2.24, 2.45) is 0 Å². The van der Waals surface area contributed by atoms with E-state index in [4.69, 9.17) is 4.74 Å². The van der Waals surface area contributed by atoms with Crippen molar-refractivity contribution in [3.63, 3.8) is 0 Å². The van der Waals surface area contributed by atoms with Crippen LogP contribution in [0.5, 0.6) is 0 Å². The number of nitrogens with one attached hydrogen (secondary N) is 2. The minimum absolute atomic E-state index is 0.0578. The Morgan fingerprint density at radius 3 is 2.88 bits per heavy atom. The van der Waals surface area contributed by atoms with E-state index in [9.17, 15) is 4.79 Å². The van der Waals surface area contributed by atoms with Crippen LogP contribution in [0.15, 0.2) is 30.5 Å². The van der Waals surface area contributed by atoms with Gasteiger partial charge in [0.25, 0.3) is 0 Å². The Balaban J connectivity index is 1.39. The van der Waals surface area contributed by atoms with Crippen molar-refractivity contribution in [3.8, 4) is 0 Å². The topological polar surface area (TPSA) is 58.5 Å². The summed E-state index contributed by atoms with van der Waals surface area (Å²) in [4.78, 5) is 14.8. The lowest BCUT2D eigenvalue weighted by Crippen LogP contribution is -2.43. The van der Waals surface area contributed by atoms with Gasteiger partial charge in [-0.05, 0) is 43.7 Å². The van der Waals surface area contributed by atoms with Crippen molar-refractivity contribution < 1.29 is 9.53 Å². The van der Waals surface area contributed by atoms with Crippen LogP contribution >= 0.6 is 0 Å². The molecule has 1 aromatic heterocycles. The van der Waals surface area contributed by atoms with E-state index in [2.05, 4.69) is 44.5 Å². The summed E-state index contributed by atoms with van der Waals surface area (Å²) in [5.41, 5.74) is 2.09. The van der Waals surface area contributed by atoms with Crippen molar-refractivity contribution in [1.29, 1.82) is 0 Å². The quantitative estimate of drug-likeness (QED) is 0.861. The Kier molecular flexibility index (Phi) is 5.53. The molecular weight excluding hydrogens is 328 g/mol. The number of rotatable bonds is 5. The molecule has 0 radical (unpaired) electrons. The monoisotopic (exact) mass is 356 g/mol. The minimum Gasteiger partial charge on any atom is -0.379 e. The highest BCUT2D eigenvalue weighted by atomic mass is 16.5. The number of amides is 1. The highest BCUT2D eigenvalue weighted by Crippen LogP contribution is 2.21. The number of fused-ring (bicyclic) bond motifs is 1. The molecule has 3 heterocycles. The summed E-state index contributed by atoms with van der Waals surface area (Å²) in [6.45, 7) is 6.66. The van der Waals surface area contributed by atoms with Gasteiger partial charge in [-0.15, -0.1) is 0 Å². The Morgan fingerprint density at radius 2 is 2.08 bits per heavy atom. The van der Waals surface area contributed by atoms with Crippen LogP contribution < -0.4 is 10.6 Å². The third-order valence-corrected chi connectivity index (χ3v) is 5.43. The van der Waals surface area contributed by atoms with Crippen LogP contribution in [0, 0.1) is 0 Å². The van der Waals surface area contributed by atoms with Crippen LogP contribution in [0.3, 0.4) is 0 Å². The van der Waals surface area contributed by atoms with Crippen molar-refractivity contribution in [3.05, 3.63) is 30.5 Å². The molecule has 26 heavy (non-hydrogen) atoms. The fraction of sp³-hybridized carbons (Fsp3) is 0.550. The second-order valence-electron chi connectivity index (χ2n) is 7.23. The largest absolute Gasteiger partial charge is 0.379 e. The number of carbonyl (C=O) groups is 1. The molecule has 1 amide bonds. The van der Waals surface area contributed by atoms with E-state index < -0.39 is 0 Å². The van der Waals surface area contributed by atoms with Crippen molar-refractivity contribution in [2.45, 2.75) is 31.8 Å². The molecular formula is C20H28N4O2. The number of morpholine rings is 1. The fourth-order valence-corrected chi connectivity index (χ4v) is 3.85. The van der Waals surface area contributed by atoms with Crippen LogP contribution in [0.25, 0.3) is 10.9 Å². The van der Waals surface area contributed by atoms with E-state index in [0.717, 1.165) is 70.9 Å². The number of hydrogen-bond acceptors (Lipinski definition) is 4. The molecule has 0 saturated carbocycles. The van der Waals surface area contributed by atoms with Gasteiger partial charge < -0.3 is 19.9 Å². The lowest BCUT2D eigenvalue weighted by molar-refractivity contribution is -0.118. The van der Waals surface area contributed by atoms with E-state index in [1.54, 1.807) is 0 Å². The van der Waals surface area contributed by atoms with Crippen LogP contribution in [0.1, 0.15) is 19.3 Å². The highest BCUT2D eigenvalue weighted by Gasteiger charge is 2.20. The van der Waals surface area contributed by atoms with Gasteiger partial charge in [0, 0.05) is 49.0 Å². The molecule has 2 aromatic rings. The van der Waals surface area contributed by atoms with Crippen LogP contribution in [-0.2, 0) is 16.1 Å². The Hall–Kier alpha value is -1.89. The van der Waals surface area contributed by atoms with E-state index >= 15 is 0 Å². The lowest BCUT2D eigenvalue weighted by atomic mass is 10.0. The van der Waals surface area contributed by atoms with Gasteiger partial charge in [0.2, 0.25) is 5.91 Å². The van der Waals surface area contributed by atoms with E-state index in [0.29, 0.717) is 0 Å². The molecule has 6 heteroatoms. The first kappa shape index (κ1) is 17.5. The first-order valence-corrected chi connectivity index (χ1v) is 9.73. The zero-order valence-electron chi connectivity index (χ0n) is 15.2. The number of hydrogen-bond donors (Lipinski definition) is 2. The molecule has 2 aliphatic heterocycles. The number of nitrogens with zero attached hydrogens (tertiary/aromatic N) is 2. The van der Waals surface area contributed by atoms with Gasteiger partial charge in [0.15, 0.2) is 0 Å². The summed E-state index contributed by atoms with van der Waals surface area (Å²) in [7, 11) is 0. The van der Waals surface area contributed by atoms with Crippen LogP contribution in [-0.4, -0.2) is 60.8 Å². The maximum atomic E-state index is 12.4. The molecule has 2 fully saturated rings. The Bertz CT molecular complexity index is 745. The van der Waals surface area contributed by atoms with Crippen molar-refractivity contribution in [2.75, 3.05) is 44.7 Å². The van der Waals surface area contributed by atoms with Gasteiger partial charge in [-0.3, -0.25) is 9.69 Å². The predicted molar refractivity (Wildman–Crippen MR) is 103 cm³/mol. The van der Waals surface area contributed by atoms with Gasteiger partial charge in [-0.2, -0.15) is 0 Å². The van der Waals surface area contributed by atoms with Crippen molar-refractivity contribution in [1.82, 2.24) is 14.8 Å². The van der Waals surface area contributed by atoms with Gasteiger partial charge in [-0.1, -0.05) is 6.42 Å². The summed E-state index contributed by atoms with van der Waals surface area (Å²) in [6, 6.07) is 8.26. The summed E-state index contributed by atoms with van der Waals surface area (Å²) >= 11 is 0. The minimum atomic E-state index is -0.0578. The summed E-state index contributed by atoms with van der Waals surface area (Å²) in [5, 5.41) is 7.53. The number of benzene rings is 1. The summed E-state index contributed by atoms with van der Waals surface area (Å²) < 4.78 is 7.70. The second kappa shape index (κ2) is 8.20. The molecule has 2 N–H and O–H groups in total. The van der Waals surface area contributed by atoms with Gasteiger partial charge in [0.1, 0.15) is 0 Å². The molecule has 140 valence electrons. The molecule has 1 aromatic carbocycles. The predicted octanol–water partition coefficient (Wildman–Crippen LogP) is 2.05. The summed E-state index contributed by atoms with van der Waals surface area (Å²) in [6.07, 6.45) is 5.34. The standard InChI is InChI=1S/C20H28N4O2/c25-20(18-3-1-2-7-21-18)22-17-4-5-19-16(15-17)6-8-24(19)10-9-23-11-13-26-14-12-23/h4-6,8,15,18,21H,1-3,7,9-14H2,(H,22,25)/t18-/m1/s1. The number of aromatic nitrogens is 1. The molecule has 2 aliphatic rings. The van der Waals surface area contributed by atoms with E-state index in [1.165, 1.54) is 10.9 Å². The third-order valence-electron chi connectivity index (χ3n) is 5.43. The number of anilines is 1. The summed E-state index contributed by atoms with van der Waals surface area (Å²) in [5.74, 6) is 0.0794. The maximum Gasteiger partial charge on any atom is 0.241 e. The van der Waals surface area contributed by atoms with Gasteiger partial charge >= 0.3 is 0 Å². The zero-order valence-corrected chi connectivity index (χ0v) is 15.2. The molecule has 0 bridgehead atoms. The van der Waals surface area contributed by atoms with Crippen LogP contribution in [0.4, 0.5) is 5.69 Å². The van der Waals surface area contributed by atoms with E-state index in [1.807, 2.05) is 6.07 Å². The number of ether oxygens (including phenoxy) is 1. The molecule has 0 aliphatic carbocycles. The average Bonchev–Trinajstić information content (AvgIpc) is 3.10. The zero-order chi connectivity index (χ0) is 17.8. The Labute approximate surface area is 154 Å². The lowest BCUT2D eigenvalue weighted by Gasteiger charge is -2.26. The normalized spacial score (nSPS) is 21.8. The molecule has 6 nitrogen and oxygen atoms in total. The molecule has 1 atom stereocenters. The first-order chi connectivity index (χ1) is 12.8. The molecule has 2 saturated heterocycles. The molecule has 0 unspecified atom stereocenters. The number of piperidine rings is 1. The smallest absolute Gasteiger partial charge is 0.241 e. The van der Waals surface area contributed by atoms with Crippen LogP contribution in [0.2, 0.25) is 0 Å². The average molecular weight is 356 g/mol. The first-order valence-electron chi connectivity index (χ1n) is 9.73. The number of carbonyl (C=O) groups excluding carboxylic acids is 1. The fourth-order valence-electron chi connectivity index (χ4n) is 3.85. The highest BCUT2D eigenvalue weighted by molar-refractivity contribution is 5.97. The molecule has 4 rings (SSSR count). The second-order valence-corrected chi connectivity index (χ2v) is 7.23. The van der Waals surface area contributed by atoms with E-state index in [-0.39, 0.29) is 11.9 Å². The third kappa shape index (κ3) is 4.09. The SMILES string of the molecule is O=C(Nc1ccc2c(ccn2CCN2CCOCC2)c1)[C@H]1CCCCN1. The van der Waals surface area contributed by atoms with Crippen molar-refractivity contribution >= 4 is 22.5 Å². The van der Waals surface area contributed by atoms with Gasteiger partial charge in [-0.25, -0.2) is 0 Å². The Morgan fingerprint density at radius 1 is 1.19 bits per heavy atom. The molecule has 0 spiro atoms.